The number of hydrogen-bond acceptors (Lipinski definition) is 4. The molecule has 1 aromatic heterocycles. The Balaban J connectivity index is 1.99. The summed E-state index contributed by atoms with van der Waals surface area (Å²) < 4.78 is 5.83. The summed E-state index contributed by atoms with van der Waals surface area (Å²) in [5.41, 5.74) is 2.07. The van der Waals surface area contributed by atoms with E-state index in [9.17, 15) is 9.59 Å². The van der Waals surface area contributed by atoms with Crippen molar-refractivity contribution in [1.82, 2.24) is 0 Å². The molecule has 0 saturated heterocycles. The van der Waals surface area contributed by atoms with Gasteiger partial charge in [-0.05, 0) is 35.9 Å². The number of ether oxygens (including phenoxy) is 1. The number of rotatable bonds is 4. The lowest BCUT2D eigenvalue weighted by atomic mass is 10.0. The molecule has 0 radical (unpaired) electrons. The van der Waals surface area contributed by atoms with Crippen LogP contribution in [0.1, 0.15) is 20.7 Å². The predicted molar refractivity (Wildman–Crippen MR) is 113 cm³/mol. The highest BCUT2D eigenvalue weighted by molar-refractivity contribution is 9.10. The number of esters is 1. The molecule has 1 amide bonds. The van der Waals surface area contributed by atoms with Gasteiger partial charge in [-0.25, -0.2) is 4.79 Å². The molecule has 0 aliphatic carbocycles. The fourth-order valence-electron chi connectivity index (χ4n) is 2.44. The van der Waals surface area contributed by atoms with E-state index in [1.54, 1.807) is 11.4 Å². The first-order chi connectivity index (χ1) is 12.9. The van der Waals surface area contributed by atoms with Crippen molar-refractivity contribution in [3.63, 3.8) is 0 Å². The lowest BCUT2D eigenvalue weighted by molar-refractivity contribution is 0.0603. The van der Waals surface area contributed by atoms with Crippen LogP contribution in [0.3, 0.4) is 0 Å². The highest BCUT2D eigenvalue weighted by Crippen LogP contribution is 2.37. The van der Waals surface area contributed by atoms with Crippen LogP contribution in [-0.2, 0) is 4.74 Å². The van der Waals surface area contributed by atoms with E-state index < -0.39 is 11.9 Å². The van der Waals surface area contributed by atoms with Gasteiger partial charge in [-0.15, -0.1) is 11.3 Å². The first-order valence-corrected chi connectivity index (χ1v) is 10.1. The van der Waals surface area contributed by atoms with Crippen LogP contribution in [0.2, 0.25) is 10.0 Å². The maximum absolute atomic E-state index is 12.6. The summed E-state index contributed by atoms with van der Waals surface area (Å²) >= 11 is 16.6. The van der Waals surface area contributed by atoms with Gasteiger partial charge in [0.25, 0.3) is 5.91 Å². The molecule has 0 aliphatic rings. The molecular formula is C19H12BrCl2NO3S. The first kappa shape index (κ1) is 19.9. The third-order valence-corrected chi connectivity index (χ3v) is 5.71. The summed E-state index contributed by atoms with van der Waals surface area (Å²) in [4.78, 5) is 25.0. The number of amides is 1. The standard InChI is InChI=1S/C19H12BrCl2NO3S/c1-26-19(25)16-14(10-2-4-11(20)5-3-10)9-27-18(16)23-17(24)13-7-6-12(21)8-15(13)22/h2-9H,1H3,(H,23,24). The van der Waals surface area contributed by atoms with E-state index in [2.05, 4.69) is 21.2 Å². The molecule has 0 saturated carbocycles. The van der Waals surface area contributed by atoms with Gasteiger partial charge >= 0.3 is 5.97 Å². The fraction of sp³-hybridized carbons (Fsp3) is 0.0526. The molecule has 2 aromatic carbocycles. The molecule has 3 aromatic rings. The van der Waals surface area contributed by atoms with Crippen molar-refractivity contribution in [2.24, 2.45) is 0 Å². The second-order valence-corrected chi connectivity index (χ2v) is 8.07. The van der Waals surface area contributed by atoms with Gasteiger partial charge in [-0.1, -0.05) is 51.3 Å². The van der Waals surface area contributed by atoms with Crippen LogP contribution >= 0.6 is 50.5 Å². The van der Waals surface area contributed by atoms with Gasteiger partial charge in [0.1, 0.15) is 10.6 Å². The van der Waals surface area contributed by atoms with E-state index in [-0.39, 0.29) is 10.6 Å². The maximum atomic E-state index is 12.6. The van der Waals surface area contributed by atoms with E-state index in [1.807, 2.05) is 24.3 Å². The normalized spacial score (nSPS) is 10.5. The molecule has 0 fully saturated rings. The minimum atomic E-state index is -0.535. The largest absolute Gasteiger partial charge is 0.465 e. The third kappa shape index (κ3) is 4.35. The lowest BCUT2D eigenvalue weighted by Gasteiger charge is -2.09. The van der Waals surface area contributed by atoms with Crippen LogP contribution < -0.4 is 5.32 Å². The molecule has 1 heterocycles. The van der Waals surface area contributed by atoms with Crippen molar-refractivity contribution in [2.75, 3.05) is 12.4 Å². The van der Waals surface area contributed by atoms with Crippen molar-refractivity contribution < 1.29 is 14.3 Å². The quantitative estimate of drug-likeness (QED) is 0.428. The fourth-order valence-corrected chi connectivity index (χ4v) is 4.15. The number of carbonyl (C=O) groups excluding carboxylic acids is 2. The van der Waals surface area contributed by atoms with Crippen molar-refractivity contribution in [1.29, 1.82) is 0 Å². The Kier molecular flexibility index (Phi) is 6.22. The van der Waals surface area contributed by atoms with Crippen molar-refractivity contribution in [3.8, 4) is 11.1 Å². The summed E-state index contributed by atoms with van der Waals surface area (Å²) in [6, 6.07) is 12.1. The van der Waals surface area contributed by atoms with E-state index in [0.717, 1.165) is 10.0 Å². The van der Waals surface area contributed by atoms with Gasteiger partial charge in [0.05, 0.1) is 17.7 Å². The Morgan fingerprint density at radius 1 is 1.11 bits per heavy atom. The zero-order chi connectivity index (χ0) is 19.6. The number of halogens is 3. The van der Waals surface area contributed by atoms with Crippen LogP contribution in [0.5, 0.6) is 0 Å². The summed E-state index contributed by atoms with van der Waals surface area (Å²) in [5, 5.41) is 5.59. The van der Waals surface area contributed by atoms with Gasteiger partial charge in [-0.2, -0.15) is 0 Å². The number of hydrogen-bond donors (Lipinski definition) is 1. The SMILES string of the molecule is COC(=O)c1c(-c2ccc(Br)cc2)csc1NC(=O)c1ccc(Cl)cc1Cl. The molecule has 27 heavy (non-hydrogen) atoms. The summed E-state index contributed by atoms with van der Waals surface area (Å²) in [7, 11) is 1.30. The molecule has 8 heteroatoms. The molecule has 3 rings (SSSR count). The number of benzene rings is 2. The average Bonchev–Trinajstić information content (AvgIpc) is 3.05. The van der Waals surface area contributed by atoms with E-state index in [1.165, 1.54) is 30.6 Å². The number of thiophene rings is 1. The smallest absolute Gasteiger partial charge is 0.341 e. The average molecular weight is 485 g/mol. The van der Waals surface area contributed by atoms with E-state index >= 15 is 0 Å². The number of nitrogens with one attached hydrogen (secondary N) is 1. The highest BCUT2D eigenvalue weighted by atomic mass is 79.9. The Hall–Kier alpha value is -1.86. The van der Waals surface area contributed by atoms with Crippen LogP contribution in [0.4, 0.5) is 5.00 Å². The van der Waals surface area contributed by atoms with Gasteiger partial charge < -0.3 is 10.1 Å². The Morgan fingerprint density at radius 3 is 2.44 bits per heavy atom. The molecular weight excluding hydrogens is 473 g/mol. The van der Waals surface area contributed by atoms with Crippen LogP contribution in [-0.4, -0.2) is 19.0 Å². The van der Waals surface area contributed by atoms with Gasteiger partial charge in [0.2, 0.25) is 0 Å². The van der Waals surface area contributed by atoms with E-state index in [4.69, 9.17) is 27.9 Å². The topological polar surface area (TPSA) is 55.4 Å². The predicted octanol–water partition coefficient (Wildman–Crippen LogP) is 6.52. The summed E-state index contributed by atoms with van der Waals surface area (Å²) in [6.45, 7) is 0. The number of methoxy groups -OCH3 is 1. The molecule has 0 spiro atoms. The van der Waals surface area contributed by atoms with Gasteiger partial charge in [-0.3, -0.25) is 4.79 Å². The summed E-state index contributed by atoms with van der Waals surface area (Å²) in [5.74, 6) is -0.974. The molecule has 0 unspecified atom stereocenters. The molecule has 0 atom stereocenters. The molecule has 1 N–H and O–H groups in total. The molecule has 0 aliphatic heterocycles. The Bertz CT molecular complexity index is 1020. The van der Waals surface area contributed by atoms with Crippen molar-refractivity contribution in [2.45, 2.75) is 0 Å². The zero-order valence-electron chi connectivity index (χ0n) is 13.9. The molecule has 0 bridgehead atoms. The second kappa shape index (κ2) is 8.44. The first-order valence-electron chi connectivity index (χ1n) is 7.63. The minimum absolute atomic E-state index is 0.226. The maximum Gasteiger partial charge on any atom is 0.341 e. The minimum Gasteiger partial charge on any atom is -0.465 e. The third-order valence-electron chi connectivity index (χ3n) is 3.74. The van der Waals surface area contributed by atoms with E-state index in [0.29, 0.717) is 21.2 Å². The second-order valence-electron chi connectivity index (χ2n) is 5.43. The highest BCUT2D eigenvalue weighted by Gasteiger charge is 2.23. The number of carbonyl (C=O) groups is 2. The Labute approximate surface area is 178 Å². The van der Waals surface area contributed by atoms with Crippen LogP contribution in [0.25, 0.3) is 11.1 Å². The van der Waals surface area contributed by atoms with Crippen LogP contribution in [0, 0.1) is 0 Å². The summed E-state index contributed by atoms with van der Waals surface area (Å²) in [6.07, 6.45) is 0. The van der Waals surface area contributed by atoms with Crippen molar-refractivity contribution >= 4 is 67.3 Å². The van der Waals surface area contributed by atoms with Gasteiger partial charge in [0, 0.05) is 20.4 Å². The lowest BCUT2D eigenvalue weighted by Crippen LogP contribution is -2.14. The monoisotopic (exact) mass is 483 g/mol. The zero-order valence-corrected chi connectivity index (χ0v) is 17.8. The molecule has 4 nitrogen and oxygen atoms in total. The van der Waals surface area contributed by atoms with Gasteiger partial charge in [0.15, 0.2) is 0 Å². The number of anilines is 1. The Morgan fingerprint density at radius 2 is 1.81 bits per heavy atom. The van der Waals surface area contributed by atoms with Crippen molar-refractivity contribution in [3.05, 3.63) is 73.5 Å². The van der Waals surface area contributed by atoms with Crippen LogP contribution in [0.15, 0.2) is 52.3 Å². The molecule has 138 valence electrons.